The largest absolute Gasteiger partial charge is 0.379 e. The highest BCUT2D eigenvalue weighted by atomic mass is 32.2. The Balaban J connectivity index is 1.59. The lowest BCUT2D eigenvalue weighted by Gasteiger charge is -2.26. The van der Waals surface area contributed by atoms with Crippen LogP contribution in [-0.4, -0.2) is 39.0 Å². The molecule has 0 radical (unpaired) electrons. The molecule has 6 heteroatoms. The molecule has 0 aromatic heterocycles. The van der Waals surface area contributed by atoms with E-state index in [4.69, 9.17) is 4.74 Å². The van der Waals surface area contributed by atoms with Gasteiger partial charge in [-0.1, -0.05) is 35.9 Å². The first-order valence-corrected chi connectivity index (χ1v) is 10.3. The molecule has 1 aliphatic rings. The van der Waals surface area contributed by atoms with Gasteiger partial charge in [-0.3, -0.25) is 0 Å². The van der Waals surface area contributed by atoms with Crippen molar-refractivity contribution < 1.29 is 13.2 Å². The number of aryl methyl sites for hydroxylation is 2. The summed E-state index contributed by atoms with van der Waals surface area (Å²) in [4.78, 5) is 0.345. The Morgan fingerprint density at radius 2 is 1.69 bits per heavy atom. The predicted molar refractivity (Wildman–Crippen MR) is 102 cm³/mol. The van der Waals surface area contributed by atoms with Gasteiger partial charge in [-0.15, -0.1) is 0 Å². The second kappa shape index (κ2) is 8.31. The molecule has 5 nitrogen and oxygen atoms in total. The number of benzene rings is 2. The second-order valence-electron chi connectivity index (χ2n) is 6.69. The molecule has 26 heavy (non-hydrogen) atoms. The van der Waals surface area contributed by atoms with E-state index in [1.54, 1.807) is 12.1 Å². The minimum absolute atomic E-state index is 0.345. The molecule has 140 valence electrons. The number of nitrogens with zero attached hydrogens (tertiary/aromatic N) is 1. The average Bonchev–Trinajstić information content (AvgIpc) is 2.65. The molecular weight excluding hydrogens is 348 g/mol. The molecule has 0 spiro atoms. The Morgan fingerprint density at radius 1 is 1.00 bits per heavy atom. The summed E-state index contributed by atoms with van der Waals surface area (Å²) in [6.45, 7) is 7.46. The summed E-state index contributed by atoms with van der Waals surface area (Å²) >= 11 is 0. The fourth-order valence-corrected chi connectivity index (χ4v) is 4.51. The summed E-state index contributed by atoms with van der Waals surface area (Å²) in [6.07, 6.45) is 0. The maximum absolute atomic E-state index is 12.6. The zero-order valence-corrected chi connectivity index (χ0v) is 16.2. The van der Waals surface area contributed by atoms with Gasteiger partial charge in [0.05, 0.1) is 18.1 Å². The van der Waals surface area contributed by atoms with Crippen molar-refractivity contribution in [3.8, 4) is 0 Å². The van der Waals surface area contributed by atoms with Gasteiger partial charge < -0.3 is 10.1 Å². The first-order chi connectivity index (χ1) is 12.5. The van der Waals surface area contributed by atoms with Gasteiger partial charge in [-0.2, -0.15) is 4.31 Å². The molecule has 1 aliphatic heterocycles. The SMILES string of the molecule is Cc1ccc(CNCc2ccc(S(=O)(=O)N3CCOCC3)cc2)c(C)c1. The number of ether oxygens (including phenoxy) is 1. The van der Waals surface area contributed by atoms with Gasteiger partial charge in [0, 0.05) is 26.2 Å². The fraction of sp³-hybridized carbons (Fsp3) is 0.400. The van der Waals surface area contributed by atoms with Crippen LogP contribution in [0.3, 0.4) is 0 Å². The van der Waals surface area contributed by atoms with E-state index in [1.807, 2.05) is 12.1 Å². The highest BCUT2D eigenvalue weighted by Gasteiger charge is 2.25. The van der Waals surface area contributed by atoms with Crippen LogP contribution in [0, 0.1) is 13.8 Å². The monoisotopic (exact) mass is 374 g/mol. The third kappa shape index (κ3) is 4.51. The molecule has 0 bridgehead atoms. The van der Waals surface area contributed by atoms with E-state index in [1.165, 1.54) is 21.0 Å². The zero-order chi connectivity index (χ0) is 18.6. The van der Waals surface area contributed by atoms with E-state index in [0.29, 0.717) is 37.7 Å². The van der Waals surface area contributed by atoms with Crippen molar-refractivity contribution in [2.24, 2.45) is 0 Å². The molecule has 0 saturated carbocycles. The van der Waals surface area contributed by atoms with Gasteiger partial charge in [-0.05, 0) is 42.7 Å². The zero-order valence-electron chi connectivity index (χ0n) is 15.4. The molecule has 2 aromatic rings. The van der Waals surface area contributed by atoms with Crippen molar-refractivity contribution in [1.29, 1.82) is 0 Å². The van der Waals surface area contributed by atoms with Crippen LogP contribution in [0.4, 0.5) is 0 Å². The van der Waals surface area contributed by atoms with Crippen molar-refractivity contribution in [3.63, 3.8) is 0 Å². The summed E-state index contributed by atoms with van der Waals surface area (Å²) < 4.78 is 32.0. The molecule has 1 fully saturated rings. The summed E-state index contributed by atoms with van der Waals surface area (Å²) in [5.74, 6) is 0. The van der Waals surface area contributed by atoms with E-state index in [-0.39, 0.29) is 0 Å². The van der Waals surface area contributed by atoms with Crippen LogP contribution in [0.15, 0.2) is 47.4 Å². The molecule has 0 atom stereocenters. The molecule has 0 aliphatic carbocycles. The third-order valence-electron chi connectivity index (χ3n) is 4.67. The molecule has 2 aromatic carbocycles. The Hall–Kier alpha value is -1.73. The van der Waals surface area contributed by atoms with Crippen LogP contribution in [-0.2, 0) is 27.8 Å². The van der Waals surface area contributed by atoms with E-state index in [0.717, 1.165) is 12.1 Å². The maximum Gasteiger partial charge on any atom is 0.243 e. The summed E-state index contributed by atoms with van der Waals surface area (Å²) in [5, 5.41) is 3.42. The topological polar surface area (TPSA) is 58.6 Å². The number of hydrogen-bond donors (Lipinski definition) is 1. The minimum atomic E-state index is -3.42. The summed E-state index contributed by atoms with van der Waals surface area (Å²) in [5.41, 5.74) is 4.89. The standard InChI is InChI=1S/C20H26N2O3S/c1-16-3-6-19(17(2)13-16)15-21-14-18-4-7-20(8-5-18)26(23,24)22-9-11-25-12-10-22/h3-8,13,21H,9-12,14-15H2,1-2H3. The van der Waals surface area contributed by atoms with E-state index in [2.05, 4.69) is 37.4 Å². The summed E-state index contributed by atoms with van der Waals surface area (Å²) in [7, 11) is -3.42. The minimum Gasteiger partial charge on any atom is -0.379 e. The normalized spacial score (nSPS) is 15.9. The number of nitrogens with one attached hydrogen (secondary N) is 1. The van der Waals surface area contributed by atoms with Gasteiger partial charge in [-0.25, -0.2) is 8.42 Å². The van der Waals surface area contributed by atoms with Gasteiger partial charge in [0.1, 0.15) is 0 Å². The van der Waals surface area contributed by atoms with Gasteiger partial charge in [0.15, 0.2) is 0 Å². The van der Waals surface area contributed by atoms with E-state index >= 15 is 0 Å². The van der Waals surface area contributed by atoms with Gasteiger partial charge in [0.25, 0.3) is 0 Å². The van der Waals surface area contributed by atoms with Crippen LogP contribution in [0.5, 0.6) is 0 Å². The molecule has 1 N–H and O–H groups in total. The Bertz CT molecular complexity index is 842. The van der Waals surface area contributed by atoms with Crippen LogP contribution in [0.25, 0.3) is 0 Å². The average molecular weight is 375 g/mol. The molecule has 3 rings (SSSR count). The van der Waals surface area contributed by atoms with Crippen LogP contribution >= 0.6 is 0 Å². The summed E-state index contributed by atoms with van der Waals surface area (Å²) in [6, 6.07) is 13.6. The fourth-order valence-electron chi connectivity index (χ4n) is 3.10. The van der Waals surface area contributed by atoms with Crippen molar-refractivity contribution >= 4 is 10.0 Å². The Labute approximate surface area is 156 Å². The quantitative estimate of drug-likeness (QED) is 0.844. The van der Waals surface area contributed by atoms with Crippen molar-refractivity contribution in [2.45, 2.75) is 31.8 Å². The molecular formula is C20H26N2O3S. The Morgan fingerprint density at radius 3 is 2.35 bits per heavy atom. The van der Waals surface area contributed by atoms with Gasteiger partial charge >= 0.3 is 0 Å². The van der Waals surface area contributed by atoms with Crippen molar-refractivity contribution in [2.75, 3.05) is 26.3 Å². The number of morpholine rings is 1. The third-order valence-corrected chi connectivity index (χ3v) is 6.59. The van der Waals surface area contributed by atoms with E-state index in [9.17, 15) is 8.42 Å². The van der Waals surface area contributed by atoms with Crippen LogP contribution < -0.4 is 5.32 Å². The first kappa shape index (κ1) is 19.0. The maximum atomic E-state index is 12.6. The molecule has 0 amide bonds. The first-order valence-electron chi connectivity index (χ1n) is 8.90. The predicted octanol–water partition coefficient (Wildman–Crippen LogP) is 2.61. The smallest absolute Gasteiger partial charge is 0.243 e. The van der Waals surface area contributed by atoms with Crippen LogP contribution in [0.2, 0.25) is 0 Å². The van der Waals surface area contributed by atoms with E-state index < -0.39 is 10.0 Å². The lowest BCUT2D eigenvalue weighted by Crippen LogP contribution is -2.40. The van der Waals surface area contributed by atoms with Crippen LogP contribution in [0.1, 0.15) is 22.3 Å². The number of sulfonamides is 1. The second-order valence-corrected chi connectivity index (χ2v) is 8.63. The lowest BCUT2D eigenvalue weighted by atomic mass is 10.1. The molecule has 1 saturated heterocycles. The van der Waals surface area contributed by atoms with Crippen molar-refractivity contribution in [1.82, 2.24) is 9.62 Å². The molecule has 1 heterocycles. The van der Waals surface area contributed by atoms with Gasteiger partial charge in [0.2, 0.25) is 10.0 Å². The Kier molecular flexibility index (Phi) is 6.09. The number of rotatable bonds is 6. The molecule has 0 unspecified atom stereocenters. The number of hydrogen-bond acceptors (Lipinski definition) is 4. The highest BCUT2D eigenvalue weighted by molar-refractivity contribution is 7.89. The lowest BCUT2D eigenvalue weighted by molar-refractivity contribution is 0.0730. The highest BCUT2D eigenvalue weighted by Crippen LogP contribution is 2.18. The van der Waals surface area contributed by atoms with Crippen molar-refractivity contribution in [3.05, 3.63) is 64.7 Å².